The van der Waals surface area contributed by atoms with Crippen molar-refractivity contribution in [3.8, 4) is 0 Å². The molecule has 0 atom stereocenters. The highest BCUT2D eigenvalue weighted by atomic mass is 16.4. The van der Waals surface area contributed by atoms with Crippen molar-refractivity contribution in [1.29, 1.82) is 0 Å². The van der Waals surface area contributed by atoms with Crippen LogP contribution in [0, 0.1) is 0 Å². The SMILES string of the molecule is O=C(O)c1c2c(nc3ccccc13)C(=Cc1ccco1)CC2. The monoisotopic (exact) mass is 291 g/mol. The standard InChI is InChI=1S/C18H13NO3/c20-18(21)16-13-5-1-2-6-15(13)19-17-11(7-8-14(16)17)10-12-4-3-9-22-12/h1-6,9-10H,7-8H2,(H,20,21). The molecule has 1 aliphatic carbocycles. The summed E-state index contributed by atoms with van der Waals surface area (Å²) in [5, 5.41) is 10.3. The van der Waals surface area contributed by atoms with Gasteiger partial charge in [-0.2, -0.15) is 0 Å². The zero-order chi connectivity index (χ0) is 15.1. The first-order valence-corrected chi connectivity index (χ1v) is 7.13. The number of rotatable bonds is 2. The second-order valence-corrected chi connectivity index (χ2v) is 5.32. The second kappa shape index (κ2) is 4.84. The lowest BCUT2D eigenvalue weighted by atomic mass is 10.0. The van der Waals surface area contributed by atoms with Crippen molar-refractivity contribution >= 4 is 28.5 Å². The maximum absolute atomic E-state index is 11.7. The van der Waals surface area contributed by atoms with E-state index >= 15 is 0 Å². The smallest absolute Gasteiger partial charge is 0.336 e. The summed E-state index contributed by atoms with van der Waals surface area (Å²) in [6, 6.07) is 11.1. The fraction of sp³-hybridized carbons (Fsp3) is 0.111. The molecule has 0 bridgehead atoms. The highest BCUT2D eigenvalue weighted by Gasteiger charge is 2.26. The van der Waals surface area contributed by atoms with E-state index in [-0.39, 0.29) is 0 Å². The van der Waals surface area contributed by atoms with Crippen molar-refractivity contribution in [2.45, 2.75) is 12.8 Å². The van der Waals surface area contributed by atoms with E-state index in [1.54, 1.807) is 6.26 Å². The van der Waals surface area contributed by atoms with Crippen LogP contribution in [0.15, 0.2) is 47.1 Å². The van der Waals surface area contributed by atoms with Crippen LogP contribution < -0.4 is 0 Å². The Morgan fingerprint density at radius 3 is 2.82 bits per heavy atom. The van der Waals surface area contributed by atoms with Crippen LogP contribution in [0.2, 0.25) is 0 Å². The Kier molecular flexibility index (Phi) is 2.82. The number of carboxylic acids is 1. The zero-order valence-corrected chi connectivity index (χ0v) is 11.7. The molecule has 0 amide bonds. The van der Waals surface area contributed by atoms with Gasteiger partial charge in [-0.1, -0.05) is 18.2 Å². The van der Waals surface area contributed by atoms with Gasteiger partial charge >= 0.3 is 5.97 Å². The number of nitrogens with zero attached hydrogens (tertiary/aromatic N) is 1. The highest BCUT2D eigenvalue weighted by Crippen LogP contribution is 2.37. The molecular weight excluding hydrogens is 278 g/mol. The van der Waals surface area contributed by atoms with Gasteiger partial charge in [-0.3, -0.25) is 0 Å². The Morgan fingerprint density at radius 1 is 1.18 bits per heavy atom. The molecule has 1 aromatic carbocycles. The number of furan rings is 1. The largest absolute Gasteiger partial charge is 0.478 e. The Bertz CT molecular complexity index is 907. The zero-order valence-electron chi connectivity index (χ0n) is 11.7. The van der Waals surface area contributed by atoms with Crippen LogP contribution in [-0.4, -0.2) is 16.1 Å². The Hall–Kier alpha value is -2.88. The average Bonchev–Trinajstić information content (AvgIpc) is 3.15. The lowest BCUT2D eigenvalue weighted by Crippen LogP contribution is -2.05. The van der Waals surface area contributed by atoms with Crippen molar-refractivity contribution in [3.63, 3.8) is 0 Å². The van der Waals surface area contributed by atoms with Gasteiger partial charge in [0.15, 0.2) is 0 Å². The molecule has 0 fully saturated rings. The number of hydrogen-bond donors (Lipinski definition) is 1. The number of carboxylic acid groups (broad SMARTS) is 1. The van der Waals surface area contributed by atoms with Crippen LogP contribution >= 0.6 is 0 Å². The minimum absolute atomic E-state index is 0.378. The highest BCUT2D eigenvalue weighted by molar-refractivity contribution is 6.06. The molecule has 0 saturated carbocycles. The third-order valence-corrected chi connectivity index (χ3v) is 4.02. The first kappa shape index (κ1) is 12.8. The van der Waals surface area contributed by atoms with Gasteiger partial charge in [0.05, 0.1) is 23.0 Å². The van der Waals surface area contributed by atoms with Gasteiger partial charge < -0.3 is 9.52 Å². The van der Waals surface area contributed by atoms with Crippen molar-refractivity contribution in [2.24, 2.45) is 0 Å². The maximum Gasteiger partial charge on any atom is 0.336 e. The van der Waals surface area contributed by atoms with Crippen molar-refractivity contribution in [2.75, 3.05) is 0 Å². The van der Waals surface area contributed by atoms with Crippen molar-refractivity contribution < 1.29 is 14.3 Å². The molecule has 108 valence electrons. The first-order chi connectivity index (χ1) is 10.7. The summed E-state index contributed by atoms with van der Waals surface area (Å²) >= 11 is 0. The number of fused-ring (bicyclic) bond motifs is 2. The molecule has 4 heteroatoms. The molecule has 4 rings (SSSR count). The normalized spacial score (nSPS) is 15.4. The maximum atomic E-state index is 11.7. The summed E-state index contributed by atoms with van der Waals surface area (Å²) in [7, 11) is 0. The van der Waals surface area contributed by atoms with E-state index in [9.17, 15) is 9.90 Å². The molecule has 4 nitrogen and oxygen atoms in total. The van der Waals surface area contributed by atoms with Gasteiger partial charge in [-0.05, 0) is 48.3 Å². The van der Waals surface area contributed by atoms with Gasteiger partial charge in [0.1, 0.15) is 5.76 Å². The predicted molar refractivity (Wildman–Crippen MR) is 83.6 cm³/mol. The Morgan fingerprint density at radius 2 is 2.05 bits per heavy atom. The summed E-state index contributed by atoms with van der Waals surface area (Å²) in [6.07, 6.45) is 5.04. The van der Waals surface area contributed by atoms with E-state index in [0.717, 1.165) is 29.0 Å². The third-order valence-electron chi connectivity index (χ3n) is 4.02. The van der Waals surface area contributed by atoms with Crippen molar-refractivity contribution in [3.05, 3.63) is 65.2 Å². The van der Waals surface area contributed by atoms with Crippen molar-refractivity contribution in [1.82, 2.24) is 4.98 Å². The van der Waals surface area contributed by atoms with Gasteiger partial charge in [-0.15, -0.1) is 0 Å². The number of carbonyl (C=O) groups is 1. The number of benzene rings is 1. The molecule has 0 saturated heterocycles. The number of para-hydroxylation sites is 1. The predicted octanol–water partition coefficient (Wildman–Crippen LogP) is 4.01. The van der Waals surface area contributed by atoms with Crippen LogP contribution in [0.3, 0.4) is 0 Å². The van der Waals surface area contributed by atoms with Crippen LogP contribution in [0.25, 0.3) is 22.6 Å². The van der Waals surface area contributed by atoms with E-state index in [1.807, 2.05) is 42.5 Å². The van der Waals surface area contributed by atoms with Crippen LogP contribution in [-0.2, 0) is 6.42 Å². The lowest BCUT2D eigenvalue weighted by Gasteiger charge is -2.08. The Labute approximate surface area is 126 Å². The van der Waals surface area contributed by atoms with Crippen LogP contribution in [0.4, 0.5) is 0 Å². The summed E-state index contributed by atoms with van der Waals surface area (Å²) in [6.45, 7) is 0. The number of pyridine rings is 1. The molecule has 1 N–H and O–H groups in total. The minimum atomic E-state index is -0.894. The molecule has 1 aliphatic rings. The summed E-state index contributed by atoms with van der Waals surface area (Å²) in [4.78, 5) is 16.4. The molecular formula is C18H13NO3. The summed E-state index contributed by atoms with van der Waals surface area (Å²) in [5.41, 5.74) is 3.73. The number of allylic oxidation sites excluding steroid dienone is 1. The van der Waals surface area contributed by atoms with E-state index in [2.05, 4.69) is 4.98 Å². The molecule has 0 spiro atoms. The quantitative estimate of drug-likeness (QED) is 0.774. The van der Waals surface area contributed by atoms with E-state index in [0.29, 0.717) is 22.9 Å². The summed E-state index contributed by atoms with van der Waals surface area (Å²) in [5.74, 6) is -0.135. The fourth-order valence-electron chi connectivity index (χ4n) is 3.07. The first-order valence-electron chi connectivity index (χ1n) is 7.13. The second-order valence-electron chi connectivity index (χ2n) is 5.32. The number of aromatic carboxylic acids is 1. The molecule has 0 aliphatic heterocycles. The number of aromatic nitrogens is 1. The van der Waals surface area contributed by atoms with Gasteiger partial charge in [0, 0.05) is 5.39 Å². The third kappa shape index (κ3) is 1.92. The minimum Gasteiger partial charge on any atom is -0.478 e. The molecule has 2 heterocycles. The lowest BCUT2D eigenvalue weighted by molar-refractivity contribution is 0.0698. The fourth-order valence-corrected chi connectivity index (χ4v) is 3.07. The van der Waals surface area contributed by atoms with E-state index < -0.39 is 5.97 Å². The molecule has 3 aromatic rings. The van der Waals surface area contributed by atoms with Gasteiger partial charge in [0.25, 0.3) is 0 Å². The molecule has 0 unspecified atom stereocenters. The Balaban J connectivity index is 1.99. The van der Waals surface area contributed by atoms with Crippen LogP contribution in [0.1, 0.15) is 33.8 Å². The summed E-state index contributed by atoms with van der Waals surface area (Å²) < 4.78 is 5.36. The van der Waals surface area contributed by atoms with E-state index in [1.165, 1.54) is 0 Å². The molecule has 2 aromatic heterocycles. The van der Waals surface area contributed by atoms with E-state index in [4.69, 9.17) is 4.42 Å². The van der Waals surface area contributed by atoms with Crippen LogP contribution in [0.5, 0.6) is 0 Å². The average molecular weight is 291 g/mol. The molecule has 22 heavy (non-hydrogen) atoms. The topological polar surface area (TPSA) is 63.3 Å². The molecule has 0 radical (unpaired) electrons. The number of hydrogen-bond acceptors (Lipinski definition) is 3. The van der Waals surface area contributed by atoms with Gasteiger partial charge in [-0.25, -0.2) is 9.78 Å². The van der Waals surface area contributed by atoms with Gasteiger partial charge in [0.2, 0.25) is 0 Å².